The Labute approximate surface area is 150 Å². The van der Waals surface area contributed by atoms with Gasteiger partial charge < -0.3 is 10.1 Å². The van der Waals surface area contributed by atoms with Crippen LogP contribution in [0.5, 0.6) is 0 Å². The summed E-state index contributed by atoms with van der Waals surface area (Å²) < 4.78 is 6.16. The third kappa shape index (κ3) is 2.93. The molecule has 0 bridgehead atoms. The predicted octanol–water partition coefficient (Wildman–Crippen LogP) is 3.98. The minimum atomic E-state index is -0.385. The number of esters is 1. The van der Waals surface area contributed by atoms with Gasteiger partial charge in [-0.2, -0.15) is 0 Å². The van der Waals surface area contributed by atoms with Crippen molar-refractivity contribution in [2.45, 2.75) is 39.0 Å². The standard InChI is InChI=1S/C19H20BrNO3/c1-3-24-19(23)16-11(2)21-14-9-6-10-15(22)18(14)17(16)12-7-4-5-8-13(12)20/h4-5,7-8,17,21H,3,6,9-10H2,1-2H3. The minimum Gasteiger partial charge on any atom is -0.463 e. The number of carbonyl (C=O) groups excluding carboxylic acids is 2. The number of hydrogen-bond donors (Lipinski definition) is 1. The van der Waals surface area contributed by atoms with Gasteiger partial charge in [0.15, 0.2) is 5.78 Å². The number of benzene rings is 1. The third-order valence-electron chi connectivity index (χ3n) is 4.49. The van der Waals surface area contributed by atoms with Gasteiger partial charge >= 0.3 is 5.97 Å². The molecule has 0 spiro atoms. The second-order valence-electron chi connectivity index (χ2n) is 6.01. The lowest BCUT2D eigenvalue weighted by atomic mass is 9.75. The smallest absolute Gasteiger partial charge is 0.336 e. The molecule has 0 amide bonds. The van der Waals surface area contributed by atoms with Crippen LogP contribution in [-0.2, 0) is 14.3 Å². The van der Waals surface area contributed by atoms with E-state index < -0.39 is 0 Å². The van der Waals surface area contributed by atoms with Crippen molar-refractivity contribution in [3.8, 4) is 0 Å². The lowest BCUT2D eigenvalue weighted by molar-refractivity contribution is -0.138. The summed E-state index contributed by atoms with van der Waals surface area (Å²) in [5.74, 6) is -0.643. The Morgan fingerprint density at radius 1 is 1.33 bits per heavy atom. The van der Waals surface area contributed by atoms with Crippen LogP contribution in [0.15, 0.2) is 51.3 Å². The summed E-state index contributed by atoms with van der Waals surface area (Å²) >= 11 is 3.57. The van der Waals surface area contributed by atoms with Crippen LogP contribution in [0.1, 0.15) is 44.6 Å². The first kappa shape index (κ1) is 17.0. The zero-order valence-electron chi connectivity index (χ0n) is 13.8. The summed E-state index contributed by atoms with van der Waals surface area (Å²) in [6.07, 6.45) is 2.20. The van der Waals surface area contributed by atoms with E-state index in [0.717, 1.165) is 34.3 Å². The number of halogens is 1. The molecular weight excluding hydrogens is 370 g/mol. The molecule has 1 aliphatic heterocycles. The van der Waals surface area contributed by atoms with Gasteiger partial charge in [0.25, 0.3) is 0 Å². The van der Waals surface area contributed by atoms with Crippen molar-refractivity contribution >= 4 is 27.7 Å². The fourth-order valence-electron chi connectivity index (χ4n) is 3.48. The largest absolute Gasteiger partial charge is 0.463 e. The van der Waals surface area contributed by atoms with Crippen LogP contribution in [0.4, 0.5) is 0 Å². The van der Waals surface area contributed by atoms with Gasteiger partial charge in [0.1, 0.15) is 0 Å². The topological polar surface area (TPSA) is 55.4 Å². The van der Waals surface area contributed by atoms with Gasteiger partial charge in [0, 0.05) is 33.8 Å². The SMILES string of the molecule is CCOC(=O)C1=C(C)NC2=C(C(=O)CCC2)C1c1ccccc1Br. The number of rotatable bonds is 3. The monoisotopic (exact) mass is 389 g/mol. The van der Waals surface area contributed by atoms with E-state index in [1.54, 1.807) is 6.92 Å². The van der Waals surface area contributed by atoms with E-state index in [-0.39, 0.29) is 17.7 Å². The van der Waals surface area contributed by atoms with Crippen LogP contribution in [0, 0.1) is 0 Å². The zero-order chi connectivity index (χ0) is 17.3. The Morgan fingerprint density at radius 2 is 2.08 bits per heavy atom. The Hall–Kier alpha value is -1.88. The summed E-state index contributed by atoms with van der Waals surface area (Å²) in [5, 5.41) is 3.28. The molecule has 24 heavy (non-hydrogen) atoms. The molecule has 1 unspecified atom stereocenters. The number of nitrogens with one attached hydrogen (secondary N) is 1. The maximum atomic E-state index is 12.7. The Kier molecular flexibility index (Phi) is 4.90. The molecule has 1 aliphatic carbocycles. The number of hydrogen-bond acceptors (Lipinski definition) is 4. The van der Waals surface area contributed by atoms with E-state index in [1.165, 1.54) is 0 Å². The van der Waals surface area contributed by atoms with E-state index in [2.05, 4.69) is 21.2 Å². The first-order valence-corrected chi connectivity index (χ1v) is 8.99. The highest BCUT2D eigenvalue weighted by Crippen LogP contribution is 2.44. The van der Waals surface area contributed by atoms with Crippen LogP contribution in [0.25, 0.3) is 0 Å². The van der Waals surface area contributed by atoms with Crippen molar-refractivity contribution in [2.75, 3.05) is 6.61 Å². The van der Waals surface area contributed by atoms with Crippen LogP contribution in [0.2, 0.25) is 0 Å². The van der Waals surface area contributed by atoms with Crippen molar-refractivity contribution in [1.29, 1.82) is 0 Å². The maximum absolute atomic E-state index is 12.7. The molecule has 126 valence electrons. The van der Waals surface area contributed by atoms with Crippen LogP contribution >= 0.6 is 15.9 Å². The zero-order valence-corrected chi connectivity index (χ0v) is 15.4. The highest BCUT2D eigenvalue weighted by molar-refractivity contribution is 9.10. The van der Waals surface area contributed by atoms with E-state index in [0.29, 0.717) is 24.2 Å². The van der Waals surface area contributed by atoms with Gasteiger partial charge in [-0.3, -0.25) is 4.79 Å². The second kappa shape index (κ2) is 6.93. The normalized spacial score (nSPS) is 20.6. The van der Waals surface area contributed by atoms with Crippen molar-refractivity contribution in [1.82, 2.24) is 5.32 Å². The number of carbonyl (C=O) groups is 2. The summed E-state index contributed by atoms with van der Waals surface area (Å²) in [6, 6.07) is 7.74. The average Bonchev–Trinajstić information content (AvgIpc) is 2.54. The van der Waals surface area contributed by atoms with E-state index in [9.17, 15) is 9.59 Å². The summed E-state index contributed by atoms with van der Waals surface area (Å²) in [5.41, 5.74) is 3.86. The Balaban J connectivity index is 2.19. The number of ketones is 1. The molecule has 0 fully saturated rings. The van der Waals surface area contributed by atoms with Gasteiger partial charge in [-0.05, 0) is 38.3 Å². The van der Waals surface area contributed by atoms with Crippen LogP contribution in [0.3, 0.4) is 0 Å². The fourth-order valence-corrected chi connectivity index (χ4v) is 4.00. The third-order valence-corrected chi connectivity index (χ3v) is 5.21. The molecular formula is C19H20BrNO3. The minimum absolute atomic E-state index is 0.110. The molecule has 0 saturated carbocycles. The lowest BCUT2D eigenvalue weighted by Gasteiger charge is -2.34. The molecule has 2 aliphatic rings. The van der Waals surface area contributed by atoms with Crippen LogP contribution in [-0.4, -0.2) is 18.4 Å². The van der Waals surface area contributed by atoms with Gasteiger partial charge in [-0.1, -0.05) is 34.1 Å². The molecule has 1 heterocycles. The molecule has 1 aromatic rings. The predicted molar refractivity (Wildman–Crippen MR) is 95.2 cm³/mol. The number of allylic oxidation sites excluding steroid dienone is 3. The molecule has 1 aromatic carbocycles. The van der Waals surface area contributed by atoms with Crippen molar-refractivity contribution in [3.63, 3.8) is 0 Å². The van der Waals surface area contributed by atoms with Gasteiger partial charge in [0.2, 0.25) is 0 Å². The number of dihydropyridines is 1. The summed E-state index contributed by atoms with van der Waals surface area (Å²) in [4.78, 5) is 25.3. The molecule has 1 atom stereocenters. The van der Waals surface area contributed by atoms with Crippen LogP contribution < -0.4 is 5.32 Å². The average molecular weight is 390 g/mol. The number of Topliss-reactive ketones (excluding diaryl/α,β-unsaturated/α-hetero) is 1. The van der Waals surface area contributed by atoms with Gasteiger partial charge in [0.05, 0.1) is 12.2 Å². The Morgan fingerprint density at radius 3 is 2.79 bits per heavy atom. The molecule has 0 aromatic heterocycles. The Bertz CT molecular complexity index is 764. The summed E-state index contributed by atoms with van der Waals surface area (Å²) in [6.45, 7) is 3.96. The van der Waals surface area contributed by atoms with E-state index in [4.69, 9.17) is 4.74 Å². The molecule has 0 radical (unpaired) electrons. The molecule has 4 nitrogen and oxygen atoms in total. The molecule has 1 N–H and O–H groups in total. The molecule has 3 rings (SSSR count). The lowest BCUT2D eigenvalue weighted by Crippen LogP contribution is -2.34. The summed E-state index contributed by atoms with van der Waals surface area (Å²) in [7, 11) is 0. The van der Waals surface area contributed by atoms with Gasteiger partial charge in [-0.15, -0.1) is 0 Å². The van der Waals surface area contributed by atoms with E-state index >= 15 is 0 Å². The van der Waals surface area contributed by atoms with E-state index in [1.807, 2.05) is 31.2 Å². The molecule has 0 saturated heterocycles. The van der Waals surface area contributed by atoms with Gasteiger partial charge in [-0.25, -0.2) is 4.79 Å². The maximum Gasteiger partial charge on any atom is 0.336 e. The highest BCUT2D eigenvalue weighted by atomic mass is 79.9. The quantitative estimate of drug-likeness (QED) is 0.794. The first-order valence-electron chi connectivity index (χ1n) is 8.20. The van der Waals surface area contributed by atoms with Crippen molar-refractivity contribution in [2.24, 2.45) is 0 Å². The molecule has 5 heteroatoms. The highest BCUT2D eigenvalue weighted by Gasteiger charge is 2.39. The van der Waals surface area contributed by atoms with Crippen molar-refractivity contribution < 1.29 is 14.3 Å². The second-order valence-corrected chi connectivity index (χ2v) is 6.86. The number of ether oxygens (including phenoxy) is 1. The first-order chi connectivity index (χ1) is 11.5. The fraction of sp³-hybridized carbons (Fsp3) is 0.368. The van der Waals surface area contributed by atoms with Crippen molar-refractivity contribution in [3.05, 3.63) is 56.8 Å².